The summed E-state index contributed by atoms with van der Waals surface area (Å²) in [5, 5.41) is 14.0. The third kappa shape index (κ3) is 4.63. The van der Waals surface area contributed by atoms with Crippen LogP contribution in [0.4, 0.5) is 5.95 Å². The Hall–Kier alpha value is -2.76. The van der Waals surface area contributed by atoms with Gasteiger partial charge in [-0.1, -0.05) is 36.8 Å². The van der Waals surface area contributed by atoms with Crippen molar-refractivity contribution < 1.29 is 0 Å². The number of aromatic amines is 1. The molecular formula is C23H30N6. The SMILES string of the molecule is CC(C)=CCC[C@H]1CC[C@H](/C=N/Nc2nnc3c(n2)[nH]c2ccccc23)[C@H](C)C1. The van der Waals surface area contributed by atoms with E-state index < -0.39 is 0 Å². The molecule has 0 saturated heterocycles. The highest BCUT2D eigenvalue weighted by Gasteiger charge is 2.26. The van der Waals surface area contributed by atoms with E-state index in [1.165, 1.54) is 37.7 Å². The quantitative estimate of drug-likeness (QED) is 0.321. The predicted molar refractivity (Wildman–Crippen MR) is 120 cm³/mol. The predicted octanol–water partition coefficient (Wildman–Crippen LogP) is 5.70. The molecule has 1 aliphatic carbocycles. The molecule has 1 aliphatic rings. The Labute approximate surface area is 171 Å². The standard InChI is InChI=1S/C23H30N6/c1-15(2)7-6-8-17-11-12-18(16(3)13-17)14-24-28-23-26-22-21(27-29-23)19-9-4-5-10-20(19)25-22/h4-5,7,9-10,14,16-18H,6,8,11-13H2,1-3H3,(H2,25,26,28,29)/b24-14+/t16-,17+,18-/m1/s1. The van der Waals surface area contributed by atoms with Gasteiger partial charge in [-0.3, -0.25) is 0 Å². The molecule has 3 atom stereocenters. The molecule has 0 amide bonds. The Kier molecular flexibility index (Phi) is 5.88. The number of benzene rings is 1. The van der Waals surface area contributed by atoms with Gasteiger partial charge in [-0.2, -0.15) is 10.1 Å². The first-order chi connectivity index (χ1) is 14.1. The molecule has 0 radical (unpaired) electrons. The number of rotatable bonds is 6. The summed E-state index contributed by atoms with van der Waals surface area (Å²) >= 11 is 0. The lowest BCUT2D eigenvalue weighted by molar-refractivity contribution is 0.235. The van der Waals surface area contributed by atoms with Gasteiger partial charge in [0.15, 0.2) is 5.65 Å². The summed E-state index contributed by atoms with van der Waals surface area (Å²) in [4.78, 5) is 7.80. The third-order valence-electron chi connectivity index (χ3n) is 6.02. The molecule has 1 aromatic carbocycles. The largest absolute Gasteiger partial charge is 0.338 e. The van der Waals surface area contributed by atoms with Crippen LogP contribution in [0.2, 0.25) is 0 Å². The van der Waals surface area contributed by atoms with Crippen LogP contribution in [0.1, 0.15) is 52.9 Å². The van der Waals surface area contributed by atoms with Crippen LogP contribution in [0, 0.1) is 17.8 Å². The van der Waals surface area contributed by atoms with E-state index in [4.69, 9.17) is 0 Å². The Balaban J connectivity index is 1.34. The Morgan fingerprint density at radius 3 is 2.93 bits per heavy atom. The summed E-state index contributed by atoms with van der Waals surface area (Å²) < 4.78 is 0. The molecule has 2 heterocycles. The molecular weight excluding hydrogens is 360 g/mol. The van der Waals surface area contributed by atoms with Crippen LogP contribution in [0.25, 0.3) is 22.1 Å². The van der Waals surface area contributed by atoms with Gasteiger partial charge in [-0.25, -0.2) is 5.43 Å². The first-order valence-electron chi connectivity index (χ1n) is 10.6. The van der Waals surface area contributed by atoms with Gasteiger partial charge in [0.25, 0.3) is 5.95 Å². The van der Waals surface area contributed by atoms with Crippen LogP contribution in [-0.4, -0.2) is 26.4 Å². The van der Waals surface area contributed by atoms with Crippen molar-refractivity contribution in [2.75, 3.05) is 5.43 Å². The molecule has 2 N–H and O–H groups in total. The number of allylic oxidation sites excluding steroid dienone is 2. The summed E-state index contributed by atoms with van der Waals surface area (Å²) in [5.41, 5.74) is 6.91. The Morgan fingerprint density at radius 1 is 1.24 bits per heavy atom. The van der Waals surface area contributed by atoms with E-state index in [9.17, 15) is 0 Å². The number of aromatic nitrogens is 4. The van der Waals surface area contributed by atoms with Crippen molar-refractivity contribution in [1.82, 2.24) is 20.2 Å². The summed E-state index contributed by atoms with van der Waals surface area (Å²) in [6, 6.07) is 8.02. The van der Waals surface area contributed by atoms with Gasteiger partial charge in [0.1, 0.15) is 5.52 Å². The van der Waals surface area contributed by atoms with E-state index in [0.29, 0.717) is 17.8 Å². The molecule has 1 saturated carbocycles. The minimum atomic E-state index is 0.420. The Morgan fingerprint density at radius 2 is 2.10 bits per heavy atom. The lowest BCUT2D eigenvalue weighted by Crippen LogP contribution is -2.24. The van der Waals surface area contributed by atoms with Gasteiger partial charge in [0.05, 0.1) is 0 Å². The molecule has 2 aromatic heterocycles. The molecule has 0 aliphatic heterocycles. The average molecular weight is 391 g/mol. The highest BCUT2D eigenvalue weighted by atomic mass is 15.4. The van der Waals surface area contributed by atoms with E-state index in [0.717, 1.165) is 28.0 Å². The van der Waals surface area contributed by atoms with E-state index in [-0.39, 0.29) is 0 Å². The van der Waals surface area contributed by atoms with Crippen LogP contribution in [-0.2, 0) is 0 Å². The first-order valence-corrected chi connectivity index (χ1v) is 10.6. The number of nitrogens with one attached hydrogen (secondary N) is 2. The number of para-hydroxylation sites is 1. The maximum atomic E-state index is 4.51. The van der Waals surface area contributed by atoms with E-state index >= 15 is 0 Å². The smallest absolute Gasteiger partial charge is 0.265 e. The van der Waals surface area contributed by atoms with Crippen molar-refractivity contribution >= 4 is 34.2 Å². The second-order valence-corrected chi connectivity index (χ2v) is 8.57. The van der Waals surface area contributed by atoms with Crippen molar-refractivity contribution in [2.45, 2.75) is 52.9 Å². The summed E-state index contributed by atoms with van der Waals surface area (Å²) in [7, 11) is 0. The number of fused-ring (bicyclic) bond motifs is 3. The average Bonchev–Trinajstić information content (AvgIpc) is 3.07. The molecule has 0 unspecified atom stereocenters. The zero-order chi connectivity index (χ0) is 20.2. The van der Waals surface area contributed by atoms with E-state index in [1.807, 2.05) is 30.5 Å². The van der Waals surface area contributed by atoms with Gasteiger partial charge in [-0.05, 0) is 69.8 Å². The van der Waals surface area contributed by atoms with Gasteiger partial charge in [-0.15, -0.1) is 10.2 Å². The maximum Gasteiger partial charge on any atom is 0.265 e. The second kappa shape index (κ2) is 8.72. The van der Waals surface area contributed by atoms with Crippen molar-refractivity contribution in [2.24, 2.45) is 22.9 Å². The summed E-state index contributed by atoms with van der Waals surface area (Å²) in [6.07, 6.45) is 10.7. The number of hydrazone groups is 1. The van der Waals surface area contributed by atoms with Crippen LogP contribution in [0.5, 0.6) is 0 Å². The van der Waals surface area contributed by atoms with Crippen LogP contribution >= 0.6 is 0 Å². The van der Waals surface area contributed by atoms with Gasteiger partial charge >= 0.3 is 0 Å². The molecule has 3 aromatic rings. The monoisotopic (exact) mass is 390 g/mol. The molecule has 4 rings (SSSR count). The van der Waals surface area contributed by atoms with Gasteiger partial charge in [0.2, 0.25) is 0 Å². The first kappa shape index (κ1) is 19.6. The van der Waals surface area contributed by atoms with Gasteiger partial charge < -0.3 is 4.98 Å². The molecule has 0 bridgehead atoms. The number of H-pyrrole nitrogens is 1. The van der Waals surface area contributed by atoms with Crippen LogP contribution in [0.3, 0.4) is 0 Å². The lowest BCUT2D eigenvalue weighted by atomic mass is 9.74. The normalized spacial score (nSPS) is 22.4. The van der Waals surface area contributed by atoms with Crippen LogP contribution in [0.15, 0.2) is 41.0 Å². The second-order valence-electron chi connectivity index (χ2n) is 8.57. The van der Waals surface area contributed by atoms with E-state index in [1.54, 1.807) is 0 Å². The zero-order valence-electron chi connectivity index (χ0n) is 17.5. The fourth-order valence-electron chi connectivity index (χ4n) is 4.38. The van der Waals surface area contributed by atoms with Crippen molar-refractivity contribution in [3.8, 4) is 0 Å². The van der Waals surface area contributed by atoms with Crippen molar-refractivity contribution in [3.05, 3.63) is 35.9 Å². The van der Waals surface area contributed by atoms with Crippen LogP contribution < -0.4 is 5.43 Å². The minimum absolute atomic E-state index is 0.420. The number of nitrogens with zero attached hydrogens (tertiary/aromatic N) is 4. The molecule has 1 fully saturated rings. The fraction of sp³-hybridized carbons (Fsp3) is 0.478. The fourth-order valence-corrected chi connectivity index (χ4v) is 4.38. The summed E-state index contributed by atoms with van der Waals surface area (Å²) in [5.74, 6) is 2.42. The third-order valence-corrected chi connectivity index (χ3v) is 6.02. The van der Waals surface area contributed by atoms with E-state index in [2.05, 4.69) is 57.5 Å². The number of hydrogen-bond donors (Lipinski definition) is 2. The Bertz CT molecular complexity index is 1030. The maximum absolute atomic E-state index is 4.51. The van der Waals surface area contributed by atoms with Gasteiger partial charge in [0, 0.05) is 17.1 Å². The topological polar surface area (TPSA) is 78.8 Å². The van der Waals surface area contributed by atoms with Crippen molar-refractivity contribution in [1.29, 1.82) is 0 Å². The summed E-state index contributed by atoms with van der Waals surface area (Å²) in [6.45, 7) is 6.70. The molecule has 6 heteroatoms. The molecule has 152 valence electrons. The molecule has 29 heavy (non-hydrogen) atoms. The molecule has 6 nitrogen and oxygen atoms in total. The highest BCUT2D eigenvalue weighted by Crippen LogP contribution is 2.35. The van der Waals surface area contributed by atoms with Crippen molar-refractivity contribution in [3.63, 3.8) is 0 Å². The lowest BCUT2D eigenvalue weighted by Gasteiger charge is -2.32. The highest BCUT2D eigenvalue weighted by molar-refractivity contribution is 6.03. The minimum Gasteiger partial charge on any atom is -0.338 e. The molecule has 0 spiro atoms. The number of anilines is 1. The number of hydrogen-bond acceptors (Lipinski definition) is 5. The zero-order valence-corrected chi connectivity index (χ0v) is 17.5.